The first-order valence-corrected chi connectivity index (χ1v) is 26.7. The van der Waals surface area contributed by atoms with E-state index >= 15 is 0 Å². The summed E-state index contributed by atoms with van der Waals surface area (Å²) in [6.07, 6.45) is 1.39. The maximum absolute atomic E-state index is 2.59. The summed E-state index contributed by atoms with van der Waals surface area (Å²) in [6.45, 7) is 45.5. The molecule has 5 radical (unpaired) electrons. The molecule has 2 aliphatic rings. The van der Waals surface area contributed by atoms with Gasteiger partial charge in [-0.05, 0) is 30.2 Å². The van der Waals surface area contributed by atoms with Crippen molar-refractivity contribution < 1.29 is 0 Å². The van der Waals surface area contributed by atoms with Gasteiger partial charge in [-0.15, -0.1) is 0 Å². The van der Waals surface area contributed by atoms with E-state index < -0.39 is 31.9 Å². The van der Waals surface area contributed by atoms with E-state index in [1.807, 2.05) is 0 Å². The van der Waals surface area contributed by atoms with Crippen LogP contribution >= 0.6 is 0 Å². The number of allylic oxidation sites excluding steroid dienone is 1. The predicted molar refractivity (Wildman–Crippen MR) is 223 cm³/mol. The van der Waals surface area contributed by atoms with E-state index in [-0.39, 0.29) is 15.4 Å². The van der Waals surface area contributed by atoms with Crippen molar-refractivity contribution in [2.24, 2.45) is 0 Å². The molecule has 0 amide bonds. The first kappa shape index (κ1) is 42.6. The fraction of sp³-hybridized carbons (Fsp3) is 0.628. The van der Waals surface area contributed by atoms with Crippen molar-refractivity contribution in [1.29, 1.82) is 0 Å². The molecule has 1 unspecified atom stereocenters. The second-order valence-electron chi connectivity index (χ2n) is 20.1. The number of hydrogen-bond acceptors (Lipinski definition) is 0. The van der Waals surface area contributed by atoms with E-state index in [0.29, 0.717) is 30.2 Å². The zero-order valence-electron chi connectivity index (χ0n) is 34.1. The molecule has 0 nitrogen and oxygen atoms in total. The van der Waals surface area contributed by atoms with Crippen molar-refractivity contribution in [2.45, 2.75) is 172 Å². The van der Waals surface area contributed by atoms with Crippen LogP contribution in [-0.4, -0.2) is 47.4 Å². The Bertz CT molecular complexity index is 1170. The average molecular weight is 789 g/mol. The molecule has 0 saturated carbocycles. The number of hydrogen-bond donors (Lipinski definition) is 0. The van der Waals surface area contributed by atoms with Crippen LogP contribution in [0.4, 0.5) is 0 Å². The number of rotatable bonds is 3. The standard InChI is InChI=1S/C19H17Ge2.2C12H27Si/c1-14-12-17(20-13-14)21-18(15-8-4-2-5-9-15)19(21)16-10-6-3-7-11-16;2*1-10(2,3)13(11(4,5)6)12(7,8)9/h2-11,13,17H,12H2,1H3;2*1-9H3. The minimum absolute atomic E-state index is 0.151. The Morgan fingerprint density at radius 3 is 0.957 bits per heavy atom. The van der Waals surface area contributed by atoms with Gasteiger partial charge in [0.15, 0.2) is 0 Å². The predicted octanol–water partition coefficient (Wildman–Crippen LogP) is 14.3. The molecule has 2 aromatic carbocycles. The summed E-state index contributed by atoms with van der Waals surface area (Å²) in [5, 5.41) is 2.92. The SMILES string of the molecule is CC(C)(C)[Si](C(C)(C)C)C(C)(C)C.CC(C)(C)[Si](C(C)(C)C)C(C)(C)C.CC1=[CH][Ge][CH]([Ge]2[C](c3ccccc3)=[C]2c2ccccc2)C1. The van der Waals surface area contributed by atoms with Gasteiger partial charge in [-0.25, -0.2) is 0 Å². The van der Waals surface area contributed by atoms with E-state index in [0.717, 1.165) is 3.58 Å². The molecular formula is C43H71Ge2Si2. The van der Waals surface area contributed by atoms with Crippen molar-refractivity contribution in [3.8, 4) is 0 Å². The van der Waals surface area contributed by atoms with Gasteiger partial charge in [0, 0.05) is 0 Å². The van der Waals surface area contributed by atoms with Crippen LogP contribution in [-0.2, 0) is 0 Å². The van der Waals surface area contributed by atoms with Gasteiger partial charge in [0.25, 0.3) is 0 Å². The van der Waals surface area contributed by atoms with E-state index in [2.05, 4.69) is 197 Å². The minimum atomic E-state index is -1.17. The van der Waals surface area contributed by atoms with Crippen LogP contribution in [0, 0.1) is 0 Å². The molecule has 0 saturated heterocycles. The third-order valence-electron chi connectivity index (χ3n) is 8.76. The third-order valence-corrected chi connectivity index (χ3v) is 31.3. The summed E-state index contributed by atoms with van der Waals surface area (Å²) >= 11 is -1.02. The molecule has 2 aliphatic heterocycles. The molecule has 2 aromatic rings. The molecule has 4 heteroatoms. The Kier molecular flexibility index (Phi) is 14.3. The molecule has 2 heterocycles. The summed E-state index contributed by atoms with van der Waals surface area (Å²) in [5.74, 6) is 0. The van der Waals surface area contributed by atoms with Crippen LogP contribution in [0.3, 0.4) is 0 Å². The van der Waals surface area contributed by atoms with E-state index in [1.165, 1.54) is 17.5 Å². The average Bonchev–Trinajstić information content (AvgIpc) is 3.44. The summed E-state index contributed by atoms with van der Waals surface area (Å²) < 4.78 is 4.62. The molecule has 4 rings (SSSR count). The zero-order valence-corrected chi connectivity index (χ0v) is 40.3. The molecule has 0 spiro atoms. The van der Waals surface area contributed by atoms with Gasteiger partial charge < -0.3 is 0 Å². The van der Waals surface area contributed by atoms with Crippen LogP contribution in [0.1, 0.15) is 149 Å². The molecule has 1 atom stereocenters. The summed E-state index contributed by atoms with van der Waals surface area (Å²) in [4.78, 5) is 2.59. The fourth-order valence-corrected chi connectivity index (χ4v) is 38.7. The molecule has 47 heavy (non-hydrogen) atoms. The first-order chi connectivity index (χ1) is 21.1. The molecular weight excluding hydrogens is 718 g/mol. The quantitative estimate of drug-likeness (QED) is 0.272. The maximum atomic E-state index is 2.59. The van der Waals surface area contributed by atoms with Crippen molar-refractivity contribution >= 4 is 56.2 Å². The van der Waals surface area contributed by atoms with E-state index in [4.69, 9.17) is 0 Å². The van der Waals surface area contributed by atoms with Crippen LogP contribution in [0.2, 0.25) is 33.8 Å². The Hall–Kier alpha value is -0.561. The zero-order chi connectivity index (χ0) is 36.4. The summed E-state index contributed by atoms with van der Waals surface area (Å²) in [5.41, 5.74) is 4.66. The second-order valence-corrected chi connectivity index (χ2v) is 41.2. The summed E-state index contributed by atoms with van der Waals surface area (Å²) in [7, 11) is -0.782. The third kappa shape index (κ3) is 12.6. The normalized spacial score (nSPS) is 18.1. The van der Waals surface area contributed by atoms with Gasteiger partial charge in [0.05, 0.1) is 17.6 Å². The molecule has 0 fully saturated rings. The van der Waals surface area contributed by atoms with Crippen molar-refractivity contribution in [1.82, 2.24) is 0 Å². The van der Waals surface area contributed by atoms with Gasteiger partial charge >= 0.3 is 138 Å². The Balaban J connectivity index is 0.000000261. The van der Waals surface area contributed by atoms with Crippen molar-refractivity contribution in [3.05, 3.63) is 82.3 Å². The Labute approximate surface area is 308 Å². The molecule has 0 bridgehead atoms. The monoisotopic (exact) mass is 791 g/mol. The van der Waals surface area contributed by atoms with E-state index in [9.17, 15) is 0 Å². The molecule has 0 N–H and O–H groups in total. The van der Waals surface area contributed by atoms with Gasteiger partial charge in [-0.3, -0.25) is 0 Å². The van der Waals surface area contributed by atoms with Gasteiger partial charge in [-0.2, -0.15) is 0 Å². The first-order valence-electron chi connectivity index (χ1n) is 18.0. The second kappa shape index (κ2) is 15.8. The number of benzene rings is 2. The molecule has 0 aromatic heterocycles. The van der Waals surface area contributed by atoms with Gasteiger partial charge in [0.2, 0.25) is 0 Å². The fourth-order valence-electron chi connectivity index (χ4n) is 9.98. The summed E-state index contributed by atoms with van der Waals surface area (Å²) in [6, 6.07) is 22.3. The van der Waals surface area contributed by atoms with Crippen molar-refractivity contribution in [3.63, 3.8) is 0 Å². The van der Waals surface area contributed by atoms with Gasteiger partial charge in [-0.1, -0.05) is 125 Å². The van der Waals surface area contributed by atoms with E-state index in [1.54, 1.807) is 14.4 Å². The topological polar surface area (TPSA) is 0 Å². The van der Waals surface area contributed by atoms with Crippen LogP contribution in [0.15, 0.2) is 71.1 Å². The molecule has 0 aliphatic carbocycles. The Morgan fingerprint density at radius 1 is 0.489 bits per heavy atom. The van der Waals surface area contributed by atoms with Gasteiger partial charge in [0.1, 0.15) is 0 Å². The Morgan fingerprint density at radius 2 is 0.766 bits per heavy atom. The van der Waals surface area contributed by atoms with Crippen LogP contribution < -0.4 is 0 Å². The van der Waals surface area contributed by atoms with Crippen molar-refractivity contribution in [2.75, 3.05) is 0 Å². The molecule has 259 valence electrons. The van der Waals surface area contributed by atoms with Crippen LogP contribution in [0.5, 0.6) is 0 Å². The van der Waals surface area contributed by atoms with Crippen LogP contribution in [0.25, 0.3) is 8.81 Å².